The Hall–Kier alpha value is -3.49. The van der Waals surface area contributed by atoms with Crippen molar-refractivity contribution in [3.05, 3.63) is 64.3 Å². The maximum Gasteiger partial charge on any atom is 0.412 e. The van der Waals surface area contributed by atoms with E-state index in [0.29, 0.717) is 27.3 Å². The highest BCUT2D eigenvalue weighted by atomic mass is 35.5. The smallest absolute Gasteiger partial charge is 0.412 e. The topological polar surface area (TPSA) is 110 Å². The highest BCUT2D eigenvalue weighted by Gasteiger charge is 2.26. The van der Waals surface area contributed by atoms with E-state index in [4.69, 9.17) is 32.7 Å². The van der Waals surface area contributed by atoms with Crippen molar-refractivity contribution < 1.29 is 23.9 Å². The van der Waals surface area contributed by atoms with Gasteiger partial charge in [0, 0.05) is 27.1 Å². The molecule has 1 heterocycles. The molecule has 184 valence electrons. The van der Waals surface area contributed by atoms with E-state index in [1.807, 2.05) is 0 Å². The Balaban J connectivity index is 1.96. The first-order chi connectivity index (χ1) is 16.4. The van der Waals surface area contributed by atoms with Gasteiger partial charge in [-0.2, -0.15) is 0 Å². The van der Waals surface area contributed by atoms with Crippen LogP contribution >= 0.6 is 23.2 Å². The highest BCUT2D eigenvalue weighted by molar-refractivity contribution is 6.41. The van der Waals surface area contributed by atoms with Gasteiger partial charge >= 0.3 is 12.1 Å². The van der Waals surface area contributed by atoms with Crippen LogP contribution < -0.4 is 10.6 Å². The summed E-state index contributed by atoms with van der Waals surface area (Å²) in [5, 5.41) is 6.32. The zero-order valence-electron chi connectivity index (χ0n) is 19.7. The van der Waals surface area contributed by atoms with Crippen LogP contribution in [-0.2, 0) is 14.3 Å². The average Bonchev–Trinajstić information content (AvgIpc) is 3.13. The number of aromatic nitrogens is 1. The zero-order valence-corrected chi connectivity index (χ0v) is 21.2. The van der Waals surface area contributed by atoms with Crippen molar-refractivity contribution in [2.75, 3.05) is 17.2 Å². The molecule has 0 aliphatic heterocycles. The van der Waals surface area contributed by atoms with Crippen molar-refractivity contribution in [2.24, 2.45) is 0 Å². The van der Waals surface area contributed by atoms with Gasteiger partial charge in [0.2, 0.25) is 0 Å². The Morgan fingerprint density at radius 3 is 2.29 bits per heavy atom. The molecule has 0 aliphatic rings. The molecule has 1 aromatic heterocycles. The number of anilines is 2. The van der Waals surface area contributed by atoms with Gasteiger partial charge < -0.3 is 19.8 Å². The number of halogens is 2. The van der Waals surface area contributed by atoms with E-state index in [-0.39, 0.29) is 28.5 Å². The molecule has 3 N–H and O–H groups in total. The Bertz CT molecular complexity index is 1320. The third-order valence-electron chi connectivity index (χ3n) is 4.68. The number of para-hydroxylation sites is 2. The Kier molecular flexibility index (Phi) is 7.77. The normalized spacial score (nSPS) is 11.1. The fourth-order valence-electron chi connectivity index (χ4n) is 3.33. The van der Waals surface area contributed by atoms with Gasteiger partial charge in [-0.1, -0.05) is 41.9 Å². The van der Waals surface area contributed by atoms with Crippen molar-refractivity contribution in [2.45, 2.75) is 33.3 Å². The summed E-state index contributed by atoms with van der Waals surface area (Å²) >= 11 is 12.5. The largest absolute Gasteiger partial charge is 0.461 e. The minimum Gasteiger partial charge on any atom is -0.461 e. The van der Waals surface area contributed by atoms with Gasteiger partial charge in [0.1, 0.15) is 11.3 Å². The Morgan fingerprint density at radius 1 is 1.06 bits per heavy atom. The van der Waals surface area contributed by atoms with Crippen LogP contribution in [0.4, 0.5) is 16.2 Å². The number of benzene rings is 2. The van der Waals surface area contributed by atoms with Crippen LogP contribution in [0.1, 0.15) is 43.7 Å². The molecule has 3 rings (SSSR count). The molecule has 0 atom stereocenters. The van der Waals surface area contributed by atoms with Crippen LogP contribution in [0, 0.1) is 0 Å². The fraction of sp³-hybridized carbons (Fsp3) is 0.240. The minimum absolute atomic E-state index is 0.0198. The summed E-state index contributed by atoms with van der Waals surface area (Å²) in [6.45, 7) is 10.9. The number of hydrogen-bond donors (Lipinski definition) is 3. The van der Waals surface area contributed by atoms with Gasteiger partial charge in [0.05, 0.1) is 23.0 Å². The molecule has 2 aromatic carbocycles. The van der Waals surface area contributed by atoms with E-state index in [9.17, 15) is 14.4 Å². The SMILES string of the molecule is C=C(C(=O)Nc1ccccc1NC(=O)OC(C)(C)C)c1c(C(=O)OCC)[nH]c2cc(Cl)cc(Cl)c12. The molecular weight excluding hydrogens is 493 g/mol. The minimum atomic E-state index is -0.697. The predicted molar refractivity (Wildman–Crippen MR) is 138 cm³/mol. The zero-order chi connectivity index (χ0) is 25.9. The summed E-state index contributed by atoms with van der Waals surface area (Å²) < 4.78 is 10.4. The molecule has 0 fully saturated rings. The van der Waals surface area contributed by atoms with Crippen molar-refractivity contribution in [1.82, 2.24) is 4.98 Å². The molecule has 0 radical (unpaired) electrons. The van der Waals surface area contributed by atoms with E-state index < -0.39 is 23.6 Å². The number of nitrogens with one attached hydrogen (secondary N) is 3. The fourth-order valence-corrected chi connectivity index (χ4v) is 3.92. The number of ether oxygens (including phenoxy) is 2. The third-order valence-corrected chi connectivity index (χ3v) is 5.20. The van der Waals surface area contributed by atoms with Crippen LogP contribution in [0.15, 0.2) is 43.0 Å². The number of esters is 1. The summed E-state index contributed by atoms with van der Waals surface area (Å²) in [6.07, 6.45) is -0.678. The maximum absolute atomic E-state index is 13.2. The molecule has 0 bridgehead atoms. The quantitative estimate of drug-likeness (QED) is 0.250. The molecule has 8 nitrogen and oxygen atoms in total. The lowest BCUT2D eigenvalue weighted by Gasteiger charge is -2.20. The molecule has 3 aromatic rings. The Morgan fingerprint density at radius 2 is 1.69 bits per heavy atom. The molecule has 35 heavy (non-hydrogen) atoms. The first-order valence-electron chi connectivity index (χ1n) is 10.7. The molecule has 0 spiro atoms. The first-order valence-corrected chi connectivity index (χ1v) is 11.4. The molecule has 10 heteroatoms. The second kappa shape index (κ2) is 10.4. The number of rotatable bonds is 6. The molecule has 0 saturated heterocycles. The molecule has 0 unspecified atom stereocenters. The third kappa shape index (κ3) is 6.15. The van der Waals surface area contributed by atoms with Crippen LogP contribution in [0.2, 0.25) is 10.0 Å². The van der Waals surface area contributed by atoms with Crippen molar-refractivity contribution >= 4 is 69.0 Å². The highest BCUT2D eigenvalue weighted by Crippen LogP contribution is 2.37. The van der Waals surface area contributed by atoms with Crippen LogP contribution in [0.25, 0.3) is 16.5 Å². The summed E-state index contributed by atoms with van der Waals surface area (Å²) in [7, 11) is 0. The predicted octanol–water partition coefficient (Wildman–Crippen LogP) is 6.65. The van der Waals surface area contributed by atoms with Crippen LogP contribution in [0.3, 0.4) is 0 Å². The number of hydrogen-bond acceptors (Lipinski definition) is 5. The second-order valence-corrected chi connectivity index (χ2v) is 9.35. The molecule has 2 amide bonds. The average molecular weight is 518 g/mol. The van der Waals surface area contributed by atoms with E-state index in [2.05, 4.69) is 22.2 Å². The van der Waals surface area contributed by atoms with Gasteiger partial charge in [-0.05, 0) is 52.0 Å². The van der Waals surface area contributed by atoms with E-state index >= 15 is 0 Å². The van der Waals surface area contributed by atoms with Crippen molar-refractivity contribution in [1.29, 1.82) is 0 Å². The van der Waals surface area contributed by atoms with Crippen LogP contribution in [0.5, 0.6) is 0 Å². The summed E-state index contributed by atoms with van der Waals surface area (Å²) in [6, 6.07) is 9.68. The van der Waals surface area contributed by atoms with E-state index in [1.165, 1.54) is 6.07 Å². The van der Waals surface area contributed by atoms with E-state index in [0.717, 1.165) is 0 Å². The monoisotopic (exact) mass is 517 g/mol. The number of carbonyl (C=O) groups excluding carboxylic acids is 3. The summed E-state index contributed by atoms with van der Waals surface area (Å²) in [5.41, 5.74) is 0.532. The number of H-pyrrole nitrogens is 1. The molecule has 0 aliphatic carbocycles. The van der Waals surface area contributed by atoms with Gasteiger partial charge in [0.15, 0.2) is 0 Å². The number of carbonyl (C=O) groups is 3. The lowest BCUT2D eigenvalue weighted by Crippen LogP contribution is -2.27. The molecule has 0 saturated carbocycles. The lowest BCUT2D eigenvalue weighted by molar-refractivity contribution is -0.111. The van der Waals surface area contributed by atoms with Gasteiger partial charge in [-0.15, -0.1) is 0 Å². The summed E-state index contributed by atoms with van der Waals surface area (Å²) in [5.74, 6) is -1.30. The molecular formula is C25H25Cl2N3O5. The van der Waals surface area contributed by atoms with Crippen molar-refractivity contribution in [3.63, 3.8) is 0 Å². The standard InChI is InChI=1S/C25H25Cl2N3O5/c1-6-34-23(32)21-19(20-15(27)11-14(26)12-18(20)28-21)13(2)22(31)29-16-9-7-8-10-17(16)30-24(33)35-25(3,4)5/h7-12,28H,2,6H2,1,3-5H3,(H,29,31)(H,30,33). The number of aromatic amines is 1. The van der Waals surface area contributed by atoms with Crippen LogP contribution in [-0.4, -0.2) is 35.2 Å². The van der Waals surface area contributed by atoms with Gasteiger partial charge in [-0.3, -0.25) is 10.1 Å². The second-order valence-electron chi connectivity index (χ2n) is 8.51. The maximum atomic E-state index is 13.2. The number of fused-ring (bicyclic) bond motifs is 1. The summed E-state index contributed by atoms with van der Waals surface area (Å²) in [4.78, 5) is 41.1. The lowest BCUT2D eigenvalue weighted by atomic mass is 10.0. The van der Waals surface area contributed by atoms with Crippen molar-refractivity contribution in [3.8, 4) is 0 Å². The first kappa shape index (κ1) is 26.1. The number of amides is 2. The Labute approximate surface area is 212 Å². The van der Waals surface area contributed by atoms with Gasteiger partial charge in [-0.25, -0.2) is 9.59 Å². The van der Waals surface area contributed by atoms with E-state index in [1.54, 1.807) is 58.0 Å². The van der Waals surface area contributed by atoms with Gasteiger partial charge in [0.25, 0.3) is 5.91 Å².